The van der Waals surface area contributed by atoms with E-state index in [1.165, 1.54) is 11.3 Å². The molecule has 1 saturated heterocycles. The normalized spacial score (nSPS) is 18.7. The number of amides is 1. The van der Waals surface area contributed by atoms with Crippen LogP contribution in [0.15, 0.2) is 28.1 Å². The van der Waals surface area contributed by atoms with E-state index in [0.29, 0.717) is 25.1 Å². The lowest BCUT2D eigenvalue weighted by molar-refractivity contribution is -0.143. The lowest BCUT2D eigenvalue weighted by Crippen LogP contribution is -2.42. The second kappa shape index (κ2) is 5.69. The number of hydrogen-bond donors (Lipinski definition) is 1. The fourth-order valence-corrected chi connectivity index (χ4v) is 3.11. The van der Waals surface area contributed by atoms with Crippen molar-refractivity contribution in [2.24, 2.45) is 5.92 Å². The lowest BCUT2D eigenvalue weighted by Gasteiger charge is -2.29. The van der Waals surface area contributed by atoms with Gasteiger partial charge >= 0.3 is 5.97 Å². The minimum Gasteiger partial charge on any atom is -0.481 e. The zero-order valence-electron chi connectivity index (χ0n) is 11.2. The van der Waals surface area contributed by atoms with E-state index in [1.54, 1.807) is 11.0 Å². The number of carboxylic acids is 1. The van der Waals surface area contributed by atoms with Gasteiger partial charge in [0.2, 0.25) is 0 Å². The number of aromatic nitrogens is 1. The second-order valence-corrected chi connectivity index (χ2v) is 5.93. The third-order valence-corrected chi connectivity index (χ3v) is 4.44. The van der Waals surface area contributed by atoms with Crippen LogP contribution in [-0.4, -0.2) is 40.1 Å². The van der Waals surface area contributed by atoms with Gasteiger partial charge in [-0.05, 0) is 24.3 Å². The second-order valence-electron chi connectivity index (χ2n) is 4.98. The highest BCUT2D eigenvalue weighted by molar-refractivity contribution is 7.13. The summed E-state index contributed by atoms with van der Waals surface area (Å²) in [6.45, 7) is 0.791. The molecule has 1 atom stereocenters. The summed E-state index contributed by atoms with van der Waals surface area (Å²) in [5.41, 5.74) is 0.226. The number of carbonyl (C=O) groups is 2. The number of hydrogen-bond acceptors (Lipinski definition) is 5. The number of carboxylic acid groups (broad SMARTS) is 1. The molecule has 1 aliphatic rings. The number of nitrogens with zero attached hydrogens (tertiary/aromatic N) is 2. The molecule has 0 unspecified atom stereocenters. The third-order valence-electron chi connectivity index (χ3n) is 3.55. The largest absolute Gasteiger partial charge is 0.481 e. The van der Waals surface area contributed by atoms with Crippen molar-refractivity contribution in [3.05, 3.63) is 29.3 Å². The van der Waals surface area contributed by atoms with Crippen LogP contribution < -0.4 is 0 Å². The van der Waals surface area contributed by atoms with Gasteiger partial charge in [-0.1, -0.05) is 11.2 Å². The van der Waals surface area contributed by atoms with E-state index in [-0.39, 0.29) is 18.1 Å². The zero-order valence-corrected chi connectivity index (χ0v) is 12.0. The van der Waals surface area contributed by atoms with E-state index in [9.17, 15) is 9.59 Å². The Morgan fingerprint density at radius 1 is 1.48 bits per heavy atom. The van der Waals surface area contributed by atoms with Crippen molar-refractivity contribution in [1.82, 2.24) is 10.1 Å². The van der Waals surface area contributed by atoms with Crippen molar-refractivity contribution in [3.8, 4) is 10.6 Å². The summed E-state index contributed by atoms with van der Waals surface area (Å²) >= 11 is 1.50. The molecule has 0 aromatic carbocycles. The van der Waals surface area contributed by atoms with Crippen LogP contribution in [0.1, 0.15) is 23.3 Å². The summed E-state index contributed by atoms with van der Waals surface area (Å²) in [6, 6.07) is 5.39. The highest BCUT2D eigenvalue weighted by Crippen LogP contribution is 2.26. The van der Waals surface area contributed by atoms with Crippen molar-refractivity contribution in [2.75, 3.05) is 13.1 Å². The summed E-state index contributed by atoms with van der Waals surface area (Å²) < 4.78 is 5.19. The number of aliphatic carboxylic acids is 1. The Bertz CT molecular complexity index is 650. The number of rotatable bonds is 3. The van der Waals surface area contributed by atoms with Crippen LogP contribution in [-0.2, 0) is 4.79 Å². The highest BCUT2D eigenvalue weighted by atomic mass is 32.1. The van der Waals surface area contributed by atoms with Crippen LogP contribution in [0.3, 0.4) is 0 Å². The average Bonchev–Trinajstić information content (AvgIpc) is 3.17. The fraction of sp³-hybridized carbons (Fsp3) is 0.357. The number of thiophene rings is 1. The van der Waals surface area contributed by atoms with Gasteiger partial charge in [-0.25, -0.2) is 0 Å². The Morgan fingerprint density at radius 3 is 3.05 bits per heavy atom. The molecule has 3 heterocycles. The van der Waals surface area contributed by atoms with Gasteiger partial charge in [-0.2, -0.15) is 0 Å². The van der Waals surface area contributed by atoms with Crippen molar-refractivity contribution in [1.29, 1.82) is 0 Å². The molecule has 0 saturated carbocycles. The SMILES string of the molecule is O=C(O)[C@H]1CCCN(C(=O)c2cc(-c3cccs3)on2)C1. The first kappa shape index (κ1) is 13.8. The minimum atomic E-state index is -0.855. The molecule has 0 bridgehead atoms. The minimum absolute atomic E-state index is 0.226. The molecule has 2 aromatic rings. The molecular formula is C14H14N2O4S. The van der Waals surface area contributed by atoms with Gasteiger partial charge in [-0.3, -0.25) is 9.59 Å². The first-order valence-electron chi connectivity index (χ1n) is 6.68. The molecule has 7 heteroatoms. The van der Waals surface area contributed by atoms with E-state index in [2.05, 4.69) is 5.16 Å². The summed E-state index contributed by atoms with van der Waals surface area (Å²) in [5.74, 6) is -1.06. The van der Waals surface area contributed by atoms with Crippen molar-refractivity contribution in [3.63, 3.8) is 0 Å². The third kappa shape index (κ3) is 2.82. The molecule has 2 aromatic heterocycles. The maximum Gasteiger partial charge on any atom is 0.308 e. The van der Waals surface area contributed by atoms with Crippen molar-refractivity contribution >= 4 is 23.2 Å². The predicted molar refractivity (Wildman–Crippen MR) is 76.1 cm³/mol. The molecule has 21 heavy (non-hydrogen) atoms. The predicted octanol–water partition coefficient (Wildman–Crippen LogP) is 2.34. The molecule has 0 aliphatic carbocycles. The Labute approximate surface area is 125 Å². The molecular weight excluding hydrogens is 292 g/mol. The molecule has 1 fully saturated rings. The van der Waals surface area contributed by atoms with Crippen LogP contribution in [0.2, 0.25) is 0 Å². The van der Waals surface area contributed by atoms with Crippen molar-refractivity contribution in [2.45, 2.75) is 12.8 Å². The van der Waals surface area contributed by atoms with Crippen LogP contribution in [0.25, 0.3) is 10.6 Å². The Morgan fingerprint density at radius 2 is 2.33 bits per heavy atom. The molecule has 1 amide bonds. The standard InChI is InChI=1S/C14H14N2O4S/c17-13(16-5-1-3-9(8-16)14(18)19)10-7-11(20-15-10)12-4-2-6-21-12/h2,4,6-7,9H,1,3,5,8H2,(H,18,19)/t9-/m0/s1. The topological polar surface area (TPSA) is 83.6 Å². The lowest BCUT2D eigenvalue weighted by atomic mass is 9.98. The van der Waals surface area contributed by atoms with Crippen LogP contribution in [0, 0.1) is 5.92 Å². The fourth-order valence-electron chi connectivity index (χ4n) is 2.44. The summed E-state index contributed by atoms with van der Waals surface area (Å²) in [6.07, 6.45) is 1.30. The van der Waals surface area contributed by atoms with E-state index in [4.69, 9.17) is 9.63 Å². The van der Waals surface area contributed by atoms with Gasteiger partial charge in [0, 0.05) is 19.2 Å². The summed E-state index contributed by atoms with van der Waals surface area (Å²) in [4.78, 5) is 25.9. The molecule has 6 nitrogen and oxygen atoms in total. The maximum absolute atomic E-state index is 12.4. The Kier molecular flexibility index (Phi) is 3.74. The monoisotopic (exact) mass is 306 g/mol. The molecule has 0 spiro atoms. The number of likely N-dealkylation sites (tertiary alicyclic amines) is 1. The zero-order chi connectivity index (χ0) is 14.8. The molecule has 1 N–H and O–H groups in total. The molecule has 0 radical (unpaired) electrons. The van der Waals surface area contributed by atoms with Crippen LogP contribution in [0.4, 0.5) is 0 Å². The van der Waals surface area contributed by atoms with E-state index >= 15 is 0 Å². The number of carbonyl (C=O) groups excluding carboxylic acids is 1. The quantitative estimate of drug-likeness (QED) is 0.941. The Hall–Kier alpha value is -2.15. The number of piperidine rings is 1. The first-order valence-corrected chi connectivity index (χ1v) is 7.56. The van der Waals surface area contributed by atoms with E-state index < -0.39 is 11.9 Å². The summed E-state index contributed by atoms with van der Waals surface area (Å²) in [5, 5.41) is 14.8. The summed E-state index contributed by atoms with van der Waals surface area (Å²) in [7, 11) is 0. The molecule has 3 rings (SSSR count). The van der Waals surface area contributed by atoms with E-state index in [1.807, 2.05) is 17.5 Å². The molecule has 110 valence electrons. The first-order chi connectivity index (χ1) is 10.1. The van der Waals surface area contributed by atoms with Gasteiger partial charge in [0.1, 0.15) is 0 Å². The highest BCUT2D eigenvalue weighted by Gasteiger charge is 2.30. The van der Waals surface area contributed by atoms with Gasteiger partial charge in [-0.15, -0.1) is 11.3 Å². The van der Waals surface area contributed by atoms with E-state index in [0.717, 1.165) is 4.88 Å². The Balaban J connectivity index is 1.74. The van der Waals surface area contributed by atoms with Crippen LogP contribution >= 0.6 is 11.3 Å². The smallest absolute Gasteiger partial charge is 0.308 e. The van der Waals surface area contributed by atoms with Crippen molar-refractivity contribution < 1.29 is 19.2 Å². The molecule has 1 aliphatic heterocycles. The maximum atomic E-state index is 12.4. The van der Waals surface area contributed by atoms with Gasteiger partial charge in [0.15, 0.2) is 11.5 Å². The van der Waals surface area contributed by atoms with Crippen LogP contribution in [0.5, 0.6) is 0 Å². The van der Waals surface area contributed by atoms with Gasteiger partial charge in [0.25, 0.3) is 5.91 Å². The van der Waals surface area contributed by atoms with Gasteiger partial charge in [0.05, 0.1) is 10.8 Å². The average molecular weight is 306 g/mol. The van der Waals surface area contributed by atoms with Gasteiger partial charge < -0.3 is 14.5 Å².